The Morgan fingerprint density at radius 2 is 1.93 bits per heavy atom. The maximum atomic E-state index is 12.5. The van der Waals surface area contributed by atoms with E-state index in [1.54, 1.807) is 13.8 Å². The Morgan fingerprint density at radius 1 is 1.40 bits per heavy atom. The molecule has 0 heterocycles. The van der Waals surface area contributed by atoms with Crippen molar-refractivity contribution < 1.29 is 19.0 Å². The van der Waals surface area contributed by atoms with Crippen molar-refractivity contribution in [3.05, 3.63) is 30.1 Å². The molecule has 3 nitrogen and oxygen atoms in total. The average molecular weight is 212 g/mol. The molecule has 1 rings (SSSR count). The second kappa shape index (κ2) is 4.29. The monoisotopic (exact) mass is 212 g/mol. The summed E-state index contributed by atoms with van der Waals surface area (Å²) in [6.45, 7) is 3.19. The molecule has 0 unspecified atom stereocenters. The van der Waals surface area contributed by atoms with Gasteiger partial charge < -0.3 is 9.84 Å². The lowest BCUT2D eigenvalue weighted by molar-refractivity contribution is -0.148. The molecule has 0 bridgehead atoms. The Kier molecular flexibility index (Phi) is 3.29. The van der Waals surface area contributed by atoms with Gasteiger partial charge in [0, 0.05) is 0 Å². The Bertz CT molecular complexity index is 343. The van der Waals surface area contributed by atoms with Gasteiger partial charge in [-0.05, 0) is 38.1 Å². The van der Waals surface area contributed by atoms with Crippen molar-refractivity contribution >= 4 is 5.97 Å². The van der Waals surface area contributed by atoms with Gasteiger partial charge in [-0.1, -0.05) is 0 Å². The van der Waals surface area contributed by atoms with E-state index < -0.39 is 11.4 Å². The van der Waals surface area contributed by atoms with Crippen molar-refractivity contribution in [1.82, 2.24) is 0 Å². The molecule has 1 aromatic rings. The highest BCUT2D eigenvalue weighted by Crippen LogP contribution is 2.18. The minimum absolute atomic E-state index is 0.0496. The van der Waals surface area contributed by atoms with Gasteiger partial charge in [-0.15, -0.1) is 0 Å². The van der Waals surface area contributed by atoms with Gasteiger partial charge in [-0.2, -0.15) is 0 Å². The van der Waals surface area contributed by atoms with Crippen LogP contribution in [0.5, 0.6) is 5.75 Å². The third-order valence-corrected chi connectivity index (χ3v) is 1.99. The second-order valence-corrected chi connectivity index (χ2v) is 3.93. The first-order valence-electron chi connectivity index (χ1n) is 4.53. The van der Waals surface area contributed by atoms with Crippen molar-refractivity contribution in [2.45, 2.75) is 13.8 Å². The van der Waals surface area contributed by atoms with Gasteiger partial charge in [-0.3, -0.25) is 4.79 Å². The minimum atomic E-state index is -0.950. The van der Waals surface area contributed by atoms with E-state index in [9.17, 15) is 9.18 Å². The fourth-order valence-corrected chi connectivity index (χ4v) is 0.856. The van der Waals surface area contributed by atoms with Crippen LogP contribution in [0.25, 0.3) is 0 Å². The predicted octanol–water partition coefficient (Wildman–Crippen LogP) is 2.32. The zero-order valence-electron chi connectivity index (χ0n) is 8.66. The third kappa shape index (κ3) is 3.23. The van der Waals surface area contributed by atoms with Crippen LogP contribution in [0.4, 0.5) is 4.39 Å². The van der Waals surface area contributed by atoms with E-state index in [1.807, 2.05) is 0 Å². The molecule has 0 spiro atoms. The molecule has 0 aliphatic carbocycles. The number of halogens is 1. The molecule has 1 aromatic carbocycles. The van der Waals surface area contributed by atoms with Crippen LogP contribution in [-0.4, -0.2) is 17.7 Å². The Hall–Kier alpha value is -1.58. The molecular formula is C11H13FO3. The van der Waals surface area contributed by atoms with Crippen LogP contribution in [0.3, 0.4) is 0 Å². The summed E-state index contributed by atoms with van der Waals surface area (Å²) < 4.78 is 17.8. The number of benzene rings is 1. The zero-order valence-corrected chi connectivity index (χ0v) is 8.66. The fourth-order valence-electron chi connectivity index (χ4n) is 0.856. The number of rotatable bonds is 4. The Labute approximate surface area is 87.5 Å². The lowest BCUT2D eigenvalue weighted by Crippen LogP contribution is -2.30. The summed E-state index contributed by atoms with van der Waals surface area (Å²) in [5.74, 6) is -0.810. The third-order valence-electron chi connectivity index (χ3n) is 1.99. The van der Waals surface area contributed by atoms with E-state index in [1.165, 1.54) is 24.3 Å². The number of carbonyl (C=O) groups is 1. The number of aliphatic carboxylic acids is 1. The molecule has 0 atom stereocenters. The summed E-state index contributed by atoms with van der Waals surface area (Å²) in [6, 6.07) is 5.47. The van der Waals surface area contributed by atoms with E-state index in [0.717, 1.165) is 0 Å². The molecule has 0 saturated heterocycles. The van der Waals surface area contributed by atoms with Crippen molar-refractivity contribution in [3.63, 3.8) is 0 Å². The first-order valence-corrected chi connectivity index (χ1v) is 4.53. The molecule has 0 saturated carbocycles. The molecule has 82 valence electrons. The lowest BCUT2D eigenvalue weighted by Gasteiger charge is -2.19. The minimum Gasteiger partial charge on any atom is -0.492 e. The van der Waals surface area contributed by atoms with E-state index in [0.29, 0.717) is 5.75 Å². The van der Waals surface area contributed by atoms with Crippen LogP contribution in [0.2, 0.25) is 0 Å². The Morgan fingerprint density at radius 3 is 2.40 bits per heavy atom. The van der Waals surface area contributed by atoms with Crippen LogP contribution in [0, 0.1) is 11.2 Å². The number of hydrogen-bond donors (Lipinski definition) is 1. The van der Waals surface area contributed by atoms with E-state index in [2.05, 4.69) is 0 Å². The maximum Gasteiger partial charge on any atom is 0.312 e. The summed E-state index contributed by atoms with van der Waals surface area (Å²) >= 11 is 0. The van der Waals surface area contributed by atoms with Crippen LogP contribution in [0.1, 0.15) is 13.8 Å². The average Bonchev–Trinajstić information content (AvgIpc) is 2.17. The second-order valence-electron chi connectivity index (χ2n) is 3.93. The van der Waals surface area contributed by atoms with Crippen LogP contribution in [-0.2, 0) is 4.79 Å². The highest BCUT2D eigenvalue weighted by molar-refractivity contribution is 5.73. The van der Waals surface area contributed by atoms with Gasteiger partial charge in [0.15, 0.2) is 0 Å². The molecular weight excluding hydrogens is 199 g/mol. The molecule has 0 fully saturated rings. The molecule has 0 amide bonds. The van der Waals surface area contributed by atoms with Gasteiger partial charge in [0.25, 0.3) is 0 Å². The van der Waals surface area contributed by atoms with E-state index in [-0.39, 0.29) is 12.4 Å². The molecule has 0 aromatic heterocycles. The largest absolute Gasteiger partial charge is 0.492 e. The zero-order chi connectivity index (χ0) is 11.5. The first-order chi connectivity index (χ1) is 6.92. The first kappa shape index (κ1) is 11.5. The Balaban J connectivity index is 2.57. The molecule has 0 aliphatic heterocycles. The highest BCUT2D eigenvalue weighted by Gasteiger charge is 2.28. The molecule has 15 heavy (non-hydrogen) atoms. The maximum absolute atomic E-state index is 12.5. The number of carboxylic acids is 1. The lowest BCUT2D eigenvalue weighted by atomic mass is 9.95. The van der Waals surface area contributed by atoms with Crippen LogP contribution in [0.15, 0.2) is 24.3 Å². The molecule has 4 heteroatoms. The van der Waals surface area contributed by atoms with Crippen molar-refractivity contribution in [2.24, 2.45) is 5.41 Å². The van der Waals surface area contributed by atoms with Crippen molar-refractivity contribution in [2.75, 3.05) is 6.61 Å². The summed E-state index contributed by atoms with van der Waals surface area (Å²) in [4.78, 5) is 10.8. The van der Waals surface area contributed by atoms with Gasteiger partial charge in [0.2, 0.25) is 0 Å². The molecule has 0 aliphatic rings. The number of carboxylic acid groups (broad SMARTS) is 1. The van der Waals surface area contributed by atoms with E-state index >= 15 is 0 Å². The predicted molar refractivity (Wildman–Crippen MR) is 53.3 cm³/mol. The van der Waals surface area contributed by atoms with Gasteiger partial charge >= 0.3 is 5.97 Å². The SMILES string of the molecule is CC(C)(COc1ccc(F)cc1)C(=O)O. The van der Waals surface area contributed by atoms with Crippen LogP contribution < -0.4 is 4.74 Å². The van der Waals surface area contributed by atoms with Gasteiger partial charge in [0.1, 0.15) is 18.2 Å². The fraction of sp³-hybridized carbons (Fsp3) is 0.364. The van der Waals surface area contributed by atoms with Crippen molar-refractivity contribution in [3.8, 4) is 5.75 Å². The summed E-state index contributed by atoms with van der Waals surface area (Å²) in [5.41, 5.74) is -0.950. The summed E-state index contributed by atoms with van der Waals surface area (Å²) in [7, 11) is 0. The topological polar surface area (TPSA) is 46.5 Å². The van der Waals surface area contributed by atoms with E-state index in [4.69, 9.17) is 9.84 Å². The number of ether oxygens (including phenoxy) is 1. The summed E-state index contributed by atoms with van der Waals surface area (Å²) in [5, 5.41) is 8.82. The van der Waals surface area contributed by atoms with Crippen LogP contribution >= 0.6 is 0 Å². The molecule has 1 N–H and O–H groups in total. The quantitative estimate of drug-likeness (QED) is 0.833. The normalized spacial score (nSPS) is 11.1. The smallest absolute Gasteiger partial charge is 0.312 e. The van der Waals surface area contributed by atoms with Gasteiger partial charge in [0.05, 0.1) is 5.41 Å². The van der Waals surface area contributed by atoms with Gasteiger partial charge in [-0.25, -0.2) is 4.39 Å². The molecule has 0 radical (unpaired) electrons. The van der Waals surface area contributed by atoms with Crippen molar-refractivity contribution in [1.29, 1.82) is 0 Å². The number of hydrogen-bond acceptors (Lipinski definition) is 2. The summed E-state index contributed by atoms with van der Waals surface area (Å²) in [6.07, 6.45) is 0. The highest BCUT2D eigenvalue weighted by atomic mass is 19.1. The standard InChI is InChI=1S/C11H13FO3/c1-11(2,10(13)14)7-15-9-5-3-8(12)4-6-9/h3-6H,7H2,1-2H3,(H,13,14).